The van der Waals surface area contributed by atoms with Crippen molar-refractivity contribution in [2.75, 3.05) is 0 Å². The molecule has 122 valence electrons. The number of oxazole rings is 1. The number of carbonyl (C=O) groups excluding carboxylic acids is 1. The van der Waals surface area contributed by atoms with Crippen molar-refractivity contribution in [3.05, 3.63) is 29.0 Å². The van der Waals surface area contributed by atoms with Gasteiger partial charge in [0.1, 0.15) is 5.76 Å². The van der Waals surface area contributed by atoms with E-state index in [1.807, 2.05) is 17.5 Å². The number of nitrogens with zero attached hydrogens (tertiary/aromatic N) is 1. The molecule has 0 aliphatic heterocycles. The first-order valence-corrected chi connectivity index (χ1v) is 8.45. The molecule has 0 saturated heterocycles. The van der Waals surface area contributed by atoms with Gasteiger partial charge in [-0.25, -0.2) is 4.98 Å². The highest BCUT2D eigenvalue weighted by Gasteiger charge is 2.34. The maximum Gasteiger partial charge on any atom is 0.308 e. The van der Waals surface area contributed by atoms with E-state index in [1.54, 1.807) is 6.92 Å². The maximum atomic E-state index is 12.2. The number of carbonyl (C=O) groups is 2. The zero-order valence-corrected chi connectivity index (χ0v) is 13.6. The summed E-state index contributed by atoms with van der Waals surface area (Å²) in [6.07, 6.45) is 2.25. The first-order chi connectivity index (χ1) is 11.0. The molecule has 23 heavy (non-hydrogen) atoms. The minimum atomic E-state index is -0.842. The molecule has 2 aromatic heterocycles. The number of thiophene rings is 1. The van der Waals surface area contributed by atoms with Crippen LogP contribution in [0.1, 0.15) is 30.7 Å². The Morgan fingerprint density at radius 3 is 3.00 bits per heavy atom. The average Bonchev–Trinajstić information content (AvgIpc) is 3.20. The maximum absolute atomic E-state index is 12.2. The molecule has 2 atom stereocenters. The van der Waals surface area contributed by atoms with Crippen molar-refractivity contribution >= 4 is 23.2 Å². The number of aryl methyl sites for hydroxylation is 1. The van der Waals surface area contributed by atoms with Gasteiger partial charge in [-0.2, -0.15) is 0 Å². The van der Waals surface area contributed by atoms with Gasteiger partial charge in [0.25, 0.3) is 0 Å². The third-order valence-electron chi connectivity index (χ3n) is 4.13. The molecule has 3 rings (SSSR count). The SMILES string of the molecule is Cc1oc(-c2cccs2)nc1CC(=O)N[C@@H]1CCC[C@@H]1C(=O)O. The van der Waals surface area contributed by atoms with Gasteiger partial charge in [-0.15, -0.1) is 11.3 Å². The molecule has 0 unspecified atom stereocenters. The third kappa shape index (κ3) is 3.44. The monoisotopic (exact) mass is 334 g/mol. The molecule has 0 bridgehead atoms. The average molecular weight is 334 g/mol. The van der Waals surface area contributed by atoms with Crippen molar-refractivity contribution in [2.45, 2.75) is 38.6 Å². The summed E-state index contributed by atoms with van der Waals surface area (Å²) in [5.74, 6) is -0.406. The predicted octanol–water partition coefficient (Wildman–Crippen LogP) is 2.62. The van der Waals surface area contributed by atoms with Gasteiger partial charge in [-0.1, -0.05) is 12.5 Å². The van der Waals surface area contributed by atoms with Gasteiger partial charge in [-0.05, 0) is 31.2 Å². The summed E-state index contributed by atoms with van der Waals surface area (Å²) in [7, 11) is 0. The first kappa shape index (κ1) is 15.7. The van der Waals surface area contributed by atoms with Gasteiger partial charge in [0, 0.05) is 6.04 Å². The van der Waals surface area contributed by atoms with Crippen LogP contribution in [0.5, 0.6) is 0 Å². The largest absolute Gasteiger partial charge is 0.481 e. The van der Waals surface area contributed by atoms with Gasteiger partial charge in [-0.3, -0.25) is 9.59 Å². The minimum absolute atomic E-state index is 0.101. The topological polar surface area (TPSA) is 92.4 Å². The molecule has 1 amide bonds. The number of hydrogen-bond acceptors (Lipinski definition) is 5. The number of nitrogens with one attached hydrogen (secondary N) is 1. The molecule has 2 N–H and O–H groups in total. The fourth-order valence-electron chi connectivity index (χ4n) is 2.94. The van der Waals surface area contributed by atoms with Crippen molar-refractivity contribution in [1.82, 2.24) is 10.3 Å². The zero-order chi connectivity index (χ0) is 16.4. The van der Waals surface area contributed by atoms with Crippen LogP contribution >= 0.6 is 11.3 Å². The molecule has 0 aromatic carbocycles. The molecule has 1 saturated carbocycles. The normalized spacial score (nSPS) is 20.6. The highest BCUT2D eigenvalue weighted by molar-refractivity contribution is 7.13. The Bertz CT molecular complexity index is 708. The van der Waals surface area contributed by atoms with Crippen LogP contribution in [0, 0.1) is 12.8 Å². The van der Waals surface area contributed by atoms with Gasteiger partial charge >= 0.3 is 5.97 Å². The molecule has 0 radical (unpaired) electrons. The van der Waals surface area contributed by atoms with Crippen molar-refractivity contribution in [2.24, 2.45) is 5.92 Å². The van der Waals surface area contributed by atoms with Gasteiger partial charge in [0.2, 0.25) is 11.8 Å². The summed E-state index contributed by atoms with van der Waals surface area (Å²) in [5, 5.41) is 13.9. The lowest BCUT2D eigenvalue weighted by molar-refractivity contribution is -0.142. The van der Waals surface area contributed by atoms with Crippen LogP contribution in [0.15, 0.2) is 21.9 Å². The van der Waals surface area contributed by atoms with Crippen LogP contribution in [0.3, 0.4) is 0 Å². The second-order valence-corrected chi connectivity index (χ2v) is 6.67. The quantitative estimate of drug-likeness (QED) is 0.877. The van der Waals surface area contributed by atoms with Crippen LogP contribution < -0.4 is 5.32 Å². The van der Waals surface area contributed by atoms with Crippen LogP contribution in [-0.4, -0.2) is 28.0 Å². The highest BCUT2D eigenvalue weighted by Crippen LogP contribution is 2.27. The summed E-state index contributed by atoms with van der Waals surface area (Å²) in [6, 6.07) is 3.54. The molecule has 7 heteroatoms. The van der Waals surface area contributed by atoms with Gasteiger partial charge in [0.05, 0.1) is 22.9 Å². The molecule has 1 aliphatic rings. The molecule has 0 spiro atoms. The van der Waals surface area contributed by atoms with Gasteiger partial charge < -0.3 is 14.8 Å². The molecule has 1 aliphatic carbocycles. The second kappa shape index (κ2) is 6.54. The highest BCUT2D eigenvalue weighted by atomic mass is 32.1. The molecule has 2 heterocycles. The van der Waals surface area contributed by atoms with E-state index in [0.29, 0.717) is 30.2 Å². The van der Waals surface area contributed by atoms with E-state index in [1.165, 1.54) is 11.3 Å². The Labute approximate surface area is 137 Å². The number of aliphatic carboxylic acids is 1. The van der Waals surface area contributed by atoms with E-state index >= 15 is 0 Å². The van der Waals surface area contributed by atoms with Crippen LogP contribution in [0.4, 0.5) is 0 Å². The van der Waals surface area contributed by atoms with Crippen molar-refractivity contribution < 1.29 is 19.1 Å². The van der Waals surface area contributed by atoms with E-state index in [4.69, 9.17) is 9.52 Å². The number of carboxylic acids is 1. The Morgan fingerprint density at radius 1 is 1.48 bits per heavy atom. The Kier molecular flexibility index (Phi) is 4.47. The lowest BCUT2D eigenvalue weighted by Gasteiger charge is -2.17. The van der Waals surface area contributed by atoms with Crippen molar-refractivity contribution in [3.8, 4) is 10.8 Å². The Balaban J connectivity index is 1.65. The number of rotatable bonds is 5. The standard InChI is InChI=1S/C16H18N2O4S/c1-9-12(18-15(22-9)13-6-3-7-23-13)8-14(19)17-11-5-2-4-10(11)16(20)21/h3,6-7,10-11H,2,4-5,8H2,1H3,(H,17,19)(H,20,21)/t10-,11+/m0/s1. The van der Waals surface area contributed by atoms with E-state index in [9.17, 15) is 9.59 Å². The molecule has 1 fully saturated rings. The summed E-state index contributed by atoms with van der Waals surface area (Å²) in [6.45, 7) is 1.78. The van der Waals surface area contributed by atoms with Gasteiger partial charge in [0.15, 0.2) is 0 Å². The van der Waals surface area contributed by atoms with Crippen molar-refractivity contribution in [1.29, 1.82) is 0 Å². The van der Waals surface area contributed by atoms with Crippen LogP contribution in [-0.2, 0) is 16.0 Å². The number of carboxylic acid groups (broad SMARTS) is 1. The van der Waals surface area contributed by atoms with E-state index in [2.05, 4.69) is 10.3 Å². The number of aromatic nitrogens is 1. The second-order valence-electron chi connectivity index (χ2n) is 5.73. The fraction of sp³-hybridized carbons (Fsp3) is 0.438. The number of hydrogen-bond donors (Lipinski definition) is 2. The van der Waals surface area contributed by atoms with Crippen molar-refractivity contribution in [3.63, 3.8) is 0 Å². The molecule has 2 aromatic rings. The lowest BCUT2D eigenvalue weighted by Crippen LogP contribution is -2.40. The molecular weight excluding hydrogens is 316 g/mol. The lowest BCUT2D eigenvalue weighted by atomic mass is 10.0. The van der Waals surface area contributed by atoms with Crippen LogP contribution in [0.25, 0.3) is 10.8 Å². The Morgan fingerprint density at radius 2 is 2.30 bits per heavy atom. The molecule has 6 nitrogen and oxygen atoms in total. The Hall–Kier alpha value is -2.15. The smallest absolute Gasteiger partial charge is 0.308 e. The van der Waals surface area contributed by atoms with Crippen LogP contribution in [0.2, 0.25) is 0 Å². The first-order valence-electron chi connectivity index (χ1n) is 7.57. The number of amides is 1. The predicted molar refractivity (Wildman–Crippen MR) is 85.2 cm³/mol. The van der Waals surface area contributed by atoms with E-state index in [0.717, 1.165) is 11.3 Å². The zero-order valence-electron chi connectivity index (χ0n) is 12.7. The summed E-state index contributed by atoms with van der Waals surface area (Å²) < 4.78 is 5.61. The third-order valence-corrected chi connectivity index (χ3v) is 4.99. The minimum Gasteiger partial charge on any atom is -0.481 e. The summed E-state index contributed by atoms with van der Waals surface area (Å²) in [5.41, 5.74) is 0.593. The van der Waals surface area contributed by atoms with E-state index < -0.39 is 11.9 Å². The molecular formula is C16H18N2O4S. The van der Waals surface area contributed by atoms with E-state index in [-0.39, 0.29) is 18.4 Å². The fourth-order valence-corrected chi connectivity index (χ4v) is 3.58. The summed E-state index contributed by atoms with van der Waals surface area (Å²) >= 11 is 1.52. The summed E-state index contributed by atoms with van der Waals surface area (Å²) in [4.78, 5) is 28.7.